The summed E-state index contributed by atoms with van der Waals surface area (Å²) < 4.78 is 0.682. The van der Waals surface area contributed by atoms with Gasteiger partial charge in [0.05, 0.1) is 0 Å². The molecule has 0 N–H and O–H groups in total. The lowest BCUT2D eigenvalue weighted by atomic mass is 10.3. The van der Waals surface area contributed by atoms with Crippen LogP contribution in [0.3, 0.4) is 0 Å². The summed E-state index contributed by atoms with van der Waals surface area (Å²) in [5.41, 5.74) is 0. The largest absolute Gasteiger partial charge is 0.119 e. The SMILES string of the molecule is c1ccc(SC2(C3CC3)CC2)cc1. The summed E-state index contributed by atoms with van der Waals surface area (Å²) in [5, 5.41) is 0. The molecule has 13 heavy (non-hydrogen) atoms. The van der Waals surface area contributed by atoms with Crippen LogP contribution in [0.5, 0.6) is 0 Å². The van der Waals surface area contributed by atoms with Crippen molar-refractivity contribution in [2.45, 2.75) is 35.3 Å². The monoisotopic (exact) mass is 190 g/mol. The van der Waals surface area contributed by atoms with E-state index in [1.807, 2.05) is 0 Å². The average molecular weight is 190 g/mol. The molecule has 0 nitrogen and oxygen atoms in total. The number of hydrogen-bond acceptors (Lipinski definition) is 1. The molecule has 0 heterocycles. The summed E-state index contributed by atoms with van der Waals surface area (Å²) in [5.74, 6) is 1.05. The minimum absolute atomic E-state index is 0.682. The van der Waals surface area contributed by atoms with E-state index in [-0.39, 0.29) is 0 Å². The fraction of sp³-hybridized carbons (Fsp3) is 0.500. The molecule has 3 rings (SSSR count). The topological polar surface area (TPSA) is 0 Å². The summed E-state index contributed by atoms with van der Waals surface area (Å²) in [4.78, 5) is 1.46. The lowest BCUT2D eigenvalue weighted by Crippen LogP contribution is -2.04. The van der Waals surface area contributed by atoms with Gasteiger partial charge in [0, 0.05) is 9.64 Å². The predicted octanol–water partition coefficient (Wildman–Crippen LogP) is 3.72. The number of hydrogen-bond donors (Lipinski definition) is 0. The fourth-order valence-corrected chi connectivity index (χ4v) is 3.52. The smallest absolute Gasteiger partial charge is 0.0236 e. The van der Waals surface area contributed by atoms with E-state index in [9.17, 15) is 0 Å². The molecule has 2 aliphatic carbocycles. The molecule has 0 atom stereocenters. The van der Waals surface area contributed by atoms with E-state index < -0.39 is 0 Å². The van der Waals surface area contributed by atoms with Gasteiger partial charge < -0.3 is 0 Å². The van der Waals surface area contributed by atoms with E-state index in [0.29, 0.717) is 4.75 Å². The first-order valence-electron chi connectivity index (χ1n) is 5.13. The molecule has 2 saturated carbocycles. The van der Waals surface area contributed by atoms with Crippen LogP contribution < -0.4 is 0 Å². The minimum atomic E-state index is 0.682. The molecule has 2 aliphatic rings. The van der Waals surface area contributed by atoms with Gasteiger partial charge in [-0.1, -0.05) is 18.2 Å². The number of benzene rings is 1. The Labute approximate surface area is 83.7 Å². The van der Waals surface area contributed by atoms with Gasteiger partial charge in [-0.05, 0) is 43.7 Å². The predicted molar refractivity (Wildman–Crippen MR) is 57.0 cm³/mol. The molecule has 0 radical (unpaired) electrons. The first kappa shape index (κ1) is 7.93. The fourth-order valence-electron chi connectivity index (χ4n) is 2.05. The molecule has 0 bridgehead atoms. The van der Waals surface area contributed by atoms with Gasteiger partial charge in [0.1, 0.15) is 0 Å². The van der Waals surface area contributed by atoms with Crippen LogP contribution in [-0.2, 0) is 0 Å². The van der Waals surface area contributed by atoms with Crippen LogP contribution in [0.2, 0.25) is 0 Å². The Morgan fingerprint density at radius 1 is 1.08 bits per heavy atom. The third-order valence-electron chi connectivity index (χ3n) is 3.13. The summed E-state index contributed by atoms with van der Waals surface area (Å²) in [6.45, 7) is 0. The number of rotatable bonds is 3. The van der Waals surface area contributed by atoms with Crippen LogP contribution in [0, 0.1) is 5.92 Å². The molecule has 68 valence electrons. The molecule has 0 spiro atoms. The van der Waals surface area contributed by atoms with E-state index in [4.69, 9.17) is 0 Å². The van der Waals surface area contributed by atoms with Crippen molar-refractivity contribution in [3.05, 3.63) is 30.3 Å². The van der Waals surface area contributed by atoms with Gasteiger partial charge in [-0.25, -0.2) is 0 Å². The van der Waals surface area contributed by atoms with Gasteiger partial charge in [0.25, 0.3) is 0 Å². The van der Waals surface area contributed by atoms with Crippen molar-refractivity contribution in [3.8, 4) is 0 Å². The van der Waals surface area contributed by atoms with Crippen molar-refractivity contribution in [2.75, 3.05) is 0 Å². The second-order valence-corrected chi connectivity index (χ2v) is 5.74. The van der Waals surface area contributed by atoms with Gasteiger partial charge in [0.2, 0.25) is 0 Å². The normalized spacial score (nSPS) is 24.3. The van der Waals surface area contributed by atoms with Gasteiger partial charge in [-0.3, -0.25) is 0 Å². The van der Waals surface area contributed by atoms with E-state index in [2.05, 4.69) is 42.1 Å². The van der Waals surface area contributed by atoms with Gasteiger partial charge in [0.15, 0.2) is 0 Å². The Bertz CT molecular complexity index is 296. The van der Waals surface area contributed by atoms with Crippen molar-refractivity contribution in [2.24, 2.45) is 5.92 Å². The molecule has 2 fully saturated rings. The highest BCUT2D eigenvalue weighted by molar-refractivity contribution is 8.01. The Kier molecular flexibility index (Phi) is 1.69. The molecule has 0 aliphatic heterocycles. The lowest BCUT2D eigenvalue weighted by Gasteiger charge is -2.12. The quantitative estimate of drug-likeness (QED) is 0.700. The summed E-state index contributed by atoms with van der Waals surface area (Å²) in [6, 6.07) is 10.9. The Morgan fingerprint density at radius 3 is 2.31 bits per heavy atom. The zero-order chi connectivity index (χ0) is 8.73. The van der Waals surface area contributed by atoms with E-state index in [1.54, 1.807) is 0 Å². The highest BCUT2D eigenvalue weighted by Gasteiger charge is 2.54. The maximum atomic E-state index is 2.24. The van der Waals surface area contributed by atoms with Crippen LogP contribution in [-0.4, -0.2) is 4.75 Å². The van der Waals surface area contributed by atoms with Crippen molar-refractivity contribution in [3.63, 3.8) is 0 Å². The van der Waals surface area contributed by atoms with Crippen molar-refractivity contribution in [1.29, 1.82) is 0 Å². The number of thioether (sulfide) groups is 1. The van der Waals surface area contributed by atoms with E-state index in [1.165, 1.54) is 30.6 Å². The second-order valence-electron chi connectivity index (χ2n) is 4.25. The van der Waals surface area contributed by atoms with Crippen LogP contribution >= 0.6 is 11.8 Å². The van der Waals surface area contributed by atoms with Gasteiger partial charge in [-0.15, -0.1) is 11.8 Å². The molecular weight excluding hydrogens is 176 g/mol. The second kappa shape index (κ2) is 2.78. The van der Waals surface area contributed by atoms with Crippen molar-refractivity contribution >= 4 is 11.8 Å². The standard InChI is InChI=1S/C12H14S/c1-2-4-11(5-3-1)13-12(8-9-12)10-6-7-10/h1-5,10H,6-9H2. The molecule has 1 aromatic carbocycles. The third-order valence-corrected chi connectivity index (χ3v) is 4.78. The van der Waals surface area contributed by atoms with Crippen LogP contribution in [0.1, 0.15) is 25.7 Å². The molecule has 1 aromatic rings. The molecule has 0 unspecified atom stereocenters. The van der Waals surface area contributed by atoms with Crippen LogP contribution in [0.25, 0.3) is 0 Å². The summed E-state index contributed by atoms with van der Waals surface area (Å²) in [7, 11) is 0. The molecule has 0 aromatic heterocycles. The minimum Gasteiger partial charge on any atom is -0.119 e. The first-order valence-corrected chi connectivity index (χ1v) is 5.95. The summed E-state index contributed by atoms with van der Waals surface area (Å²) >= 11 is 2.13. The highest BCUT2D eigenvalue weighted by Crippen LogP contribution is 2.63. The highest BCUT2D eigenvalue weighted by atomic mass is 32.2. The van der Waals surface area contributed by atoms with Crippen molar-refractivity contribution in [1.82, 2.24) is 0 Å². The summed E-state index contributed by atoms with van der Waals surface area (Å²) in [6.07, 6.45) is 5.88. The molecule has 1 heteroatoms. The van der Waals surface area contributed by atoms with E-state index >= 15 is 0 Å². The molecular formula is C12H14S. The first-order chi connectivity index (χ1) is 6.39. The van der Waals surface area contributed by atoms with Crippen LogP contribution in [0.15, 0.2) is 35.2 Å². The Balaban J connectivity index is 1.75. The maximum Gasteiger partial charge on any atom is 0.0236 e. The maximum absolute atomic E-state index is 2.24. The average Bonchev–Trinajstić information content (AvgIpc) is 3.00. The van der Waals surface area contributed by atoms with Crippen molar-refractivity contribution < 1.29 is 0 Å². The lowest BCUT2D eigenvalue weighted by molar-refractivity contribution is 0.767. The Morgan fingerprint density at radius 2 is 1.77 bits per heavy atom. The third kappa shape index (κ3) is 1.50. The van der Waals surface area contributed by atoms with Gasteiger partial charge >= 0.3 is 0 Å². The molecule has 0 saturated heterocycles. The van der Waals surface area contributed by atoms with E-state index in [0.717, 1.165) is 5.92 Å². The van der Waals surface area contributed by atoms with Gasteiger partial charge in [-0.2, -0.15) is 0 Å². The Hall–Kier alpha value is -0.430. The zero-order valence-corrected chi connectivity index (χ0v) is 8.52. The van der Waals surface area contributed by atoms with Crippen LogP contribution in [0.4, 0.5) is 0 Å². The zero-order valence-electron chi connectivity index (χ0n) is 7.70. The molecule has 0 amide bonds.